The fourth-order valence-corrected chi connectivity index (χ4v) is 2.67. The van der Waals surface area contributed by atoms with Crippen LogP contribution in [-0.2, 0) is 16.1 Å². The molecule has 0 heterocycles. The van der Waals surface area contributed by atoms with Crippen LogP contribution in [0, 0.1) is 11.7 Å². The van der Waals surface area contributed by atoms with Crippen LogP contribution in [0.2, 0.25) is 0 Å². The lowest BCUT2D eigenvalue weighted by atomic mass is 9.89. The second kappa shape index (κ2) is 6.84. The number of benzene rings is 1. The van der Waals surface area contributed by atoms with Crippen LogP contribution in [0.1, 0.15) is 48.5 Å². The Labute approximate surface area is 119 Å². The van der Waals surface area contributed by atoms with Crippen molar-refractivity contribution in [1.82, 2.24) is 0 Å². The van der Waals surface area contributed by atoms with E-state index in [1.807, 2.05) is 0 Å². The zero-order valence-corrected chi connectivity index (χ0v) is 12.0. The number of hydrogen-bond acceptors (Lipinski definition) is 3. The van der Waals surface area contributed by atoms with Crippen LogP contribution in [0.25, 0.3) is 0 Å². The topological polar surface area (TPSA) is 35.5 Å². The van der Waals surface area contributed by atoms with E-state index in [-0.39, 0.29) is 11.7 Å². The second-order valence-electron chi connectivity index (χ2n) is 5.51. The summed E-state index contributed by atoms with van der Waals surface area (Å²) < 4.78 is 24.1. The van der Waals surface area contributed by atoms with Crippen molar-refractivity contribution >= 4 is 5.97 Å². The van der Waals surface area contributed by atoms with Crippen LogP contribution in [0.5, 0.6) is 0 Å². The molecule has 0 bridgehead atoms. The second-order valence-corrected chi connectivity index (χ2v) is 5.51. The van der Waals surface area contributed by atoms with E-state index >= 15 is 0 Å². The summed E-state index contributed by atoms with van der Waals surface area (Å²) in [5, 5.41) is 0. The van der Waals surface area contributed by atoms with Crippen molar-refractivity contribution < 1.29 is 18.7 Å². The van der Waals surface area contributed by atoms with Crippen molar-refractivity contribution in [3.63, 3.8) is 0 Å². The molecule has 2 atom stereocenters. The third-order valence-electron chi connectivity index (χ3n) is 3.81. The van der Waals surface area contributed by atoms with Gasteiger partial charge in [-0.05, 0) is 36.5 Å². The fraction of sp³-hybridized carbons (Fsp3) is 0.562. The first kappa shape index (κ1) is 15.0. The first-order chi connectivity index (χ1) is 9.60. The van der Waals surface area contributed by atoms with Gasteiger partial charge in [0.25, 0.3) is 0 Å². The summed E-state index contributed by atoms with van der Waals surface area (Å²) in [7, 11) is 1.24. The molecular formula is C16H21FO3. The van der Waals surface area contributed by atoms with E-state index in [9.17, 15) is 9.18 Å². The Bertz CT molecular complexity index is 473. The number of methoxy groups -OCH3 is 1. The molecular weight excluding hydrogens is 259 g/mol. The van der Waals surface area contributed by atoms with E-state index in [0.29, 0.717) is 12.5 Å². The number of ether oxygens (including phenoxy) is 2. The minimum Gasteiger partial charge on any atom is -0.465 e. The maximum Gasteiger partial charge on any atom is 0.340 e. The molecule has 4 heteroatoms. The normalized spacial score (nSPS) is 22.6. The van der Waals surface area contributed by atoms with Gasteiger partial charge in [-0.25, -0.2) is 9.18 Å². The predicted molar refractivity (Wildman–Crippen MR) is 73.9 cm³/mol. The van der Waals surface area contributed by atoms with E-state index < -0.39 is 11.8 Å². The standard InChI is InChI=1S/C16H21FO3/c1-11-4-3-5-13(8-11)20-10-12-6-7-14(15(17)9-12)16(18)19-2/h6-7,9,11,13H,3-5,8,10H2,1-2H3. The molecule has 1 aromatic carbocycles. The van der Waals surface area contributed by atoms with Gasteiger partial charge in [-0.3, -0.25) is 0 Å². The number of hydrogen-bond donors (Lipinski definition) is 0. The van der Waals surface area contributed by atoms with Gasteiger partial charge in [-0.15, -0.1) is 0 Å². The van der Waals surface area contributed by atoms with Gasteiger partial charge in [-0.2, -0.15) is 0 Å². The minimum atomic E-state index is -0.656. The van der Waals surface area contributed by atoms with Crippen molar-refractivity contribution in [3.05, 3.63) is 35.1 Å². The van der Waals surface area contributed by atoms with Crippen LogP contribution in [0.4, 0.5) is 4.39 Å². The fourth-order valence-electron chi connectivity index (χ4n) is 2.67. The van der Waals surface area contributed by atoms with E-state index in [1.165, 1.54) is 32.1 Å². The number of halogens is 1. The largest absolute Gasteiger partial charge is 0.465 e. The summed E-state index contributed by atoms with van der Waals surface area (Å²) in [6, 6.07) is 4.50. The van der Waals surface area contributed by atoms with Gasteiger partial charge in [0, 0.05) is 0 Å². The van der Waals surface area contributed by atoms with Crippen molar-refractivity contribution in [2.75, 3.05) is 7.11 Å². The molecule has 0 spiro atoms. The monoisotopic (exact) mass is 280 g/mol. The van der Waals surface area contributed by atoms with Gasteiger partial charge in [0.15, 0.2) is 0 Å². The van der Waals surface area contributed by atoms with E-state index in [2.05, 4.69) is 11.7 Å². The van der Waals surface area contributed by atoms with Crippen LogP contribution in [0.15, 0.2) is 18.2 Å². The quantitative estimate of drug-likeness (QED) is 0.789. The van der Waals surface area contributed by atoms with E-state index in [4.69, 9.17) is 4.74 Å². The van der Waals surface area contributed by atoms with E-state index in [0.717, 1.165) is 18.4 Å². The van der Waals surface area contributed by atoms with Crippen LogP contribution in [-0.4, -0.2) is 19.2 Å². The van der Waals surface area contributed by atoms with Crippen molar-refractivity contribution in [2.24, 2.45) is 5.92 Å². The SMILES string of the molecule is COC(=O)c1ccc(COC2CCCC(C)C2)cc1F. The van der Waals surface area contributed by atoms with Gasteiger partial charge < -0.3 is 9.47 Å². The Kier molecular flexibility index (Phi) is 5.12. The Morgan fingerprint density at radius 3 is 2.85 bits per heavy atom. The molecule has 0 aromatic heterocycles. The molecule has 3 nitrogen and oxygen atoms in total. The molecule has 0 amide bonds. The first-order valence-electron chi connectivity index (χ1n) is 7.08. The number of rotatable bonds is 4. The summed E-state index contributed by atoms with van der Waals surface area (Å²) in [5.74, 6) is -0.516. The Morgan fingerprint density at radius 2 is 2.20 bits per heavy atom. The van der Waals surface area contributed by atoms with Crippen molar-refractivity contribution in [1.29, 1.82) is 0 Å². The average Bonchev–Trinajstić information content (AvgIpc) is 2.44. The summed E-state index contributed by atoms with van der Waals surface area (Å²) in [5.41, 5.74) is 0.705. The number of carbonyl (C=O) groups excluding carboxylic acids is 1. The zero-order valence-electron chi connectivity index (χ0n) is 12.0. The lowest BCUT2D eigenvalue weighted by Crippen LogP contribution is -2.21. The molecule has 1 fully saturated rings. The van der Waals surface area contributed by atoms with Gasteiger partial charge in [0.05, 0.1) is 25.4 Å². The molecule has 0 aliphatic heterocycles. The summed E-state index contributed by atoms with van der Waals surface area (Å²) in [4.78, 5) is 11.3. The van der Waals surface area contributed by atoms with Gasteiger partial charge in [-0.1, -0.05) is 25.8 Å². The first-order valence-corrected chi connectivity index (χ1v) is 7.08. The average molecular weight is 280 g/mol. The number of esters is 1. The highest BCUT2D eigenvalue weighted by atomic mass is 19.1. The van der Waals surface area contributed by atoms with Crippen LogP contribution < -0.4 is 0 Å². The van der Waals surface area contributed by atoms with Gasteiger partial charge >= 0.3 is 5.97 Å². The highest BCUT2D eigenvalue weighted by Gasteiger charge is 2.19. The summed E-state index contributed by atoms with van der Waals surface area (Å²) >= 11 is 0. The molecule has 2 unspecified atom stereocenters. The molecule has 2 rings (SSSR count). The molecule has 1 saturated carbocycles. The molecule has 0 N–H and O–H groups in total. The maximum absolute atomic E-state index is 13.8. The molecule has 110 valence electrons. The minimum absolute atomic E-state index is 0.0393. The third-order valence-corrected chi connectivity index (χ3v) is 3.81. The molecule has 0 radical (unpaired) electrons. The smallest absolute Gasteiger partial charge is 0.340 e. The number of carbonyl (C=O) groups is 1. The molecule has 1 aliphatic rings. The molecule has 1 aromatic rings. The highest BCUT2D eigenvalue weighted by molar-refractivity contribution is 5.89. The van der Waals surface area contributed by atoms with Crippen LogP contribution in [0.3, 0.4) is 0 Å². The van der Waals surface area contributed by atoms with E-state index in [1.54, 1.807) is 6.07 Å². The molecule has 1 aliphatic carbocycles. The van der Waals surface area contributed by atoms with Gasteiger partial charge in [0.2, 0.25) is 0 Å². The predicted octanol–water partition coefficient (Wildman–Crippen LogP) is 3.71. The molecule has 0 saturated heterocycles. The zero-order chi connectivity index (χ0) is 14.5. The van der Waals surface area contributed by atoms with Crippen LogP contribution >= 0.6 is 0 Å². The van der Waals surface area contributed by atoms with Crippen molar-refractivity contribution in [2.45, 2.75) is 45.3 Å². The highest BCUT2D eigenvalue weighted by Crippen LogP contribution is 2.26. The summed E-state index contributed by atoms with van der Waals surface area (Å²) in [6.07, 6.45) is 4.88. The Hall–Kier alpha value is -1.42. The third kappa shape index (κ3) is 3.79. The van der Waals surface area contributed by atoms with Gasteiger partial charge in [0.1, 0.15) is 5.82 Å². The maximum atomic E-state index is 13.8. The summed E-state index contributed by atoms with van der Waals surface area (Å²) in [6.45, 7) is 2.62. The Morgan fingerprint density at radius 1 is 1.40 bits per heavy atom. The lowest BCUT2D eigenvalue weighted by Gasteiger charge is -2.26. The Balaban J connectivity index is 1.93. The molecule has 20 heavy (non-hydrogen) atoms. The lowest BCUT2D eigenvalue weighted by molar-refractivity contribution is 0.00454. The van der Waals surface area contributed by atoms with Crippen molar-refractivity contribution in [3.8, 4) is 0 Å².